The number of carbonyl (C=O) groups excluding carboxylic acids is 2. The molecule has 1 amide bonds. The number of aliphatic hydroxyl groups is 3. The van der Waals surface area contributed by atoms with Crippen molar-refractivity contribution in [2.45, 2.75) is 99.9 Å². The van der Waals surface area contributed by atoms with Crippen molar-refractivity contribution in [3.05, 3.63) is 74.7 Å². The minimum atomic E-state index is -1.10. The molecule has 0 aromatic heterocycles. The Kier molecular flexibility index (Phi) is 13.6. The summed E-state index contributed by atoms with van der Waals surface area (Å²) in [5.74, 6) is -3.97. The molecule has 2 aromatic carbocycles. The lowest BCUT2D eigenvalue weighted by Crippen LogP contribution is -2.44. The maximum absolute atomic E-state index is 14.7. The Balaban J connectivity index is 1.82. The fourth-order valence-electron chi connectivity index (χ4n) is 7.89. The molecule has 0 unspecified atom stereocenters. The number of Topliss-reactive ketones (excluding diaryl/α,β-unsaturated/α-hetero) is 1. The number of hydrogen-bond donors (Lipinski definition) is 5. The van der Waals surface area contributed by atoms with Crippen molar-refractivity contribution in [3.8, 4) is 28.7 Å². The topological polar surface area (TPSA) is 207 Å². The van der Waals surface area contributed by atoms with Gasteiger partial charge >= 0.3 is 0 Å². The number of anilines is 1. The van der Waals surface area contributed by atoms with Crippen LogP contribution in [0.3, 0.4) is 0 Å². The van der Waals surface area contributed by atoms with E-state index in [-0.39, 0.29) is 55.9 Å². The fourth-order valence-corrected chi connectivity index (χ4v) is 7.89. The normalized spacial score (nSPS) is 28.4. The number of ether oxygens (including phenoxy) is 4. The first kappa shape index (κ1) is 44.8. The predicted molar refractivity (Wildman–Crippen MR) is 224 cm³/mol. The van der Waals surface area contributed by atoms with Gasteiger partial charge < -0.3 is 49.1 Å². The van der Waals surface area contributed by atoms with Crippen LogP contribution < -0.4 is 20.2 Å². The average Bonchev–Trinajstić information content (AvgIpc) is 3.19. The number of carbonyl (C=O) groups is 2. The first-order valence-corrected chi connectivity index (χ1v) is 19.6. The number of phenolic OH excluding ortho intramolecular Hbond substituents is 1. The molecule has 4 aliphatic rings. The van der Waals surface area contributed by atoms with E-state index in [0.29, 0.717) is 16.8 Å². The number of aromatic hydroxyl groups is 1. The van der Waals surface area contributed by atoms with Crippen LogP contribution in [0.25, 0.3) is 33.3 Å². The second-order valence-electron chi connectivity index (χ2n) is 15.7. The number of rotatable bonds is 3. The Hall–Kier alpha value is -5.28. The Morgan fingerprint density at radius 3 is 2.15 bits per heavy atom. The number of amides is 1. The SMILES string of the molecule is COc1c(C)cc(C)c2nc3c4c(C(C)=O)c5c(C)c(O)c4c(=O)c(c-3oc12)NC(=O)/C(C)=C\C=C\[C@H](C)[C@H](O)[C@@H](C)[C@@H](O)[C@@H](C)[C@H](O)[C@H](C)[C@@H](OC)/C=C/O[C@@H](C)O5. The number of nitrogens with one attached hydrogen (secondary N) is 1. The van der Waals surface area contributed by atoms with Crippen LogP contribution in [-0.4, -0.2) is 82.0 Å². The molecule has 4 bridgehead atoms. The number of methoxy groups -OCH3 is 2. The van der Waals surface area contributed by atoms with Gasteiger partial charge in [0, 0.05) is 54.2 Å². The second kappa shape index (κ2) is 17.9. The molecule has 0 fully saturated rings. The number of hydrogen-bond acceptors (Lipinski definition) is 13. The summed E-state index contributed by atoms with van der Waals surface area (Å²) in [5, 5.41) is 48.0. The third-order valence-electron chi connectivity index (χ3n) is 11.6. The van der Waals surface area contributed by atoms with Gasteiger partial charge in [-0.1, -0.05) is 52.0 Å². The molecule has 318 valence electrons. The van der Waals surface area contributed by atoms with Crippen LogP contribution in [0.5, 0.6) is 17.2 Å². The number of aliphatic hydroxyl groups excluding tert-OH is 3. The lowest BCUT2D eigenvalue weighted by molar-refractivity contribution is -0.112. The van der Waals surface area contributed by atoms with Gasteiger partial charge in [-0.3, -0.25) is 14.4 Å². The van der Waals surface area contributed by atoms with Crippen LogP contribution in [0.2, 0.25) is 0 Å². The monoisotopic (exact) mass is 816 g/mol. The molecule has 0 saturated heterocycles. The molecule has 0 radical (unpaired) electrons. The number of allylic oxidation sites excluding steroid dienone is 2. The molecular formula is C45H56N2O12. The first-order valence-electron chi connectivity index (χ1n) is 19.6. The summed E-state index contributed by atoms with van der Waals surface area (Å²) in [6, 6.07) is 1.85. The maximum atomic E-state index is 14.7. The van der Waals surface area contributed by atoms with Gasteiger partial charge in [-0.05, 0) is 51.8 Å². The van der Waals surface area contributed by atoms with E-state index in [1.165, 1.54) is 47.3 Å². The summed E-state index contributed by atoms with van der Waals surface area (Å²) in [4.78, 5) is 47.2. The molecule has 59 heavy (non-hydrogen) atoms. The van der Waals surface area contributed by atoms with Gasteiger partial charge in [0.05, 0.1) is 48.7 Å². The Bertz CT molecular complexity index is 2380. The van der Waals surface area contributed by atoms with Gasteiger partial charge in [0.15, 0.2) is 22.9 Å². The van der Waals surface area contributed by atoms with Gasteiger partial charge in [-0.2, -0.15) is 0 Å². The minimum Gasteiger partial charge on any atom is -0.507 e. The molecule has 0 spiro atoms. The minimum absolute atomic E-state index is 0.00824. The molecule has 1 aliphatic carbocycles. The Labute approximate surface area is 343 Å². The van der Waals surface area contributed by atoms with E-state index in [1.807, 2.05) is 19.9 Å². The van der Waals surface area contributed by atoms with E-state index in [9.17, 15) is 34.8 Å². The number of aryl methyl sites for hydroxylation is 2. The van der Waals surface area contributed by atoms with Crippen molar-refractivity contribution < 1.29 is 53.4 Å². The van der Waals surface area contributed by atoms with Crippen molar-refractivity contribution in [1.29, 1.82) is 0 Å². The molecule has 6 rings (SSSR count). The van der Waals surface area contributed by atoms with Crippen LogP contribution in [0.1, 0.15) is 75.5 Å². The van der Waals surface area contributed by atoms with Gasteiger partial charge in [-0.15, -0.1) is 0 Å². The van der Waals surface area contributed by atoms with Gasteiger partial charge in [-0.25, -0.2) is 4.98 Å². The highest BCUT2D eigenvalue weighted by molar-refractivity contribution is 6.19. The molecule has 9 atom stereocenters. The molecule has 14 heteroatoms. The Morgan fingerprint density at radius 1 is 0.881 bits per heavy atom. The average molecular weight is 817 g/mol. The zero-order valence-corrected chi connectivity index (χ0v) is 35.7. The smallest absolute Gasteiger partial charge is 0.251 e. The number of benzene rings is 3. The first-order chi connectivity index (χ1) is 27.8. The largest absolute Gasteiger partial charge is 0.507 e. The van der Waals surface area contributed by atoms with Gasteiger partial charge in [0.1, 0.15) is 28.4 Å². The maximum Gasteiger partial charge on any atom is 0.251 e. The molecule has 2 aromatic rings. The third-order valence-corrected chi connectivity index (χ3v) is 11.6. The fraction of sp³-hybridized carbons (Fsp3) is 0.467. The molecule has 5 N–H and O–H groups in total. The van der Waals surface area contributed by atoms with Crippen molar-refractivity contribution in [1.82, 2.24) is 4.98 Å². The van der Waals surface area contributed by atoms with Gasteiger partial charge in [0.2, 0.25) is 11.7 Å². The van der Waals surface area contributed by atoms with E-state index in [2.05, 4.69) is 5.32 Å². The van der Waals surface area contributed by atoms with Crippen LogP contribution in [0.4, 0.5) is 5.69 Å². The highest BCUT2D eigenvalue weighted by atomic mass is 16.7. The van der Waals surface area contributed by atoms with E-state index in [4.69, 9.17) is 28.3 Å². The van der Waals surface area contributed by atoms with Crippen LogP contribution in [0, 0.1) is 44.4 Å². The molecule has 3 aliphatic heterocycles. The van der Waals surface area contributed by atoms with E-state index in [0.717, 1.165) is 5.56 Å². The standard InChI is InChI=1S/C45H56N2O12/c1-19-14-13-15-20(2)45(54)47-35-40(53)32-31(34-43(35)59-44-33(46-34)21(3)18-22(4)41(44)56-12)30(27(9)48)42(26(8)39(32)52)58-28(10)57-17-16-29(55-11)23(5)37(50)25(7)38(51)24(6)36(19)49/h13-19,23-25,28-29,36-38,49-52H,1-12H3,(H,47,54)/b14-13+,17-16+,20-15-/t19-,23+,24+,25-,28+,29-,36-,37+,38+/m0/s1. The van der Waals surface area contributed by atoms with Crippen LogP contribution >= 0.6 is 0 Å². The highest BCUT2D eigenvalue weighted by Crippen LogP contribution is 2.47. The zero-order chi connectivity index (χ0) is 43.8. The quantitative estimate of drug-likeness (QED) is 0.0836. The van der Waals surface area contributed by atoms with E-state index < -0.39 is 77.2 Å². The highest BCUT2D eigenvalue weighted by Gasteiger charge is 2.37. The van der Waals surface area contributed by atoms with Crippen molar-refractivity contribution in [3.63, 3.8) is 0 Å². The molecular weight excluding hydrogens is 760 g/mol. The summed E-state index contributed by atoms with van der Waals surface area (Å²) in [7, 11) is 2.94. The summed E-state index contributed by atoms with van der Waals surface area (Å²) in [6.07, 6.45) is 2.75. The van der Waals surface area contributed by atoms with Crippen molar-refractivity contribution >= 4 is 39.2 Å². The van der Waals surface area contributed by atoms with E-state index in [1.54, 1.807) is 52.8 Å². The lowest BCUT2D eigenvalue weighted by atomic mass is 9.78. The lowest BCUT2D eigenvalue weighted by Gasteiger charge is -2.36. The third kappa shape index (κ3) is 8.45. The van der Waals surface area contributed by atoms with Crippen LogP contribution in [-0.2, 0) is 14.3 Å². The number of phenols is 1. The van der Waals surface area contributed by atoms with E-state index >= 15 is 0 Å². The zero-order valence-electron chi connectivity index (χ0n) is 35.7. The summed E-state index contributed by atoms with van der Waals surface area (Å²) in [6.45, 7) is 16.4. The van der Waals surface area contributed by atoms with Crippen molar-refractivity contribution in [2.75, 3.05) is 19.5 Å². The predicted octanol–water partition coefficient (Wildman–Crippen LogP) is 6.64. The number of ketones is 1. The summed E-state index contributed by atoms with van der Waals surface area (Å²) < 4.78 is 29.9. The number of nitrogens with zero attached hydrogens (tertiary/aromatic N) is 1. The molecule has 0 saturated carbocycles. The number of aromatic nitrogens is 1. The van der Waals surface area contributed by atoms with Crippen LogP contribution in [0.15, 0.2) is 51.4 Å². The second-order valence-corrected chi connectivity index (χ2v) is 15.7. The van der Waals surface area contributed by atoms with Gasteiger partial charge in [0.25, 0.3) is 5.91 Å². The summed E-state index contributed by atoms with van der Waals surface area (Å²) in [5.41, 5.74) is 0.908. The molecule has 14 nitrogen and oxygen atoms in total. The Morgan fingerprint density at radius 2 is 1.53 bits per heavy atom. The molecule has 3 heterocycles. The number of fused-ring (bicyclic) bond motifs is 17. The summed E-state index contributed by atoms with van der Waals surface area (Å²) >= 11 is 0. The van der Waals surface area contributed by atoms with Crippen molar-refractivity contribution in [2.24, 2.45) is 23.7 Å².